The minimum absolute atomic E-state index is 0.0429. The fourth-order valence-corrected chi connectivity index (χ4v) is 2.78. The van der Waals surface area contributed by atoms with Gasteiger partial charge in [0.05, 0.1) is 5.92 Å². The van der Waals surface area contributed by atoms with Gasteiger partial charge in [0.2, 0.25) is 5.91 Å². The van der Waals surface area contributed by atoms with Crippen LogP contribution in [-0.4, -0.2) is 11.9 Å². The average molecular weight is 285 g/mol. The van der Waals surface area contributed by atoms with E-state index in [0.717, 1.165) is 25.7 Å². The quantitative estimate of drug-likeness (QED) is 0.893. The van der Waals surface area contributed by atoms with Gasteiger partial charge in [0.25, 0.3) is 0 Å². The lowest BCUT2D eigenvalue weighted by molar-refractivity contribution is -0.123. The molecule has 1 saturated carbocycles. The lowest BCUT2D eigenvalue weighted by atomic mass is 9.84. The van der Waals surface area contributed by atoms with Gasteiger partial charge in [0, 0.05) is 23.2 Å². The lowest BCUT2D eigenvalue weighted by Gasteiger charge is -2.30. The van der Waals surface area contributed by atoms with Crippen LogP contribution in [0.3, 0.4) is 0 Å². The molecule has 0 spiro atoms. The summed E-state index contributed by atoms with van der Waals surface area (Å²) >= 11 is 5.71. The van der Waals surface area contributed by atoms with E-state index in [4.69, 9.17) is 17.3 Å². The Labute approximate surface area is 117 Å². The Morgan fingerprint density at radius 1 is 1.42 bits per heavy atom. The summed E-state index contributed by atoms with van der Waals surface area (Å²) in [6.45, 7) is 0.386. The van der Waals surface area contributed by atoms with Crippen molar-refractivity contribution in [2.45, 2.75) is 38.3 Å². The van der Waals surface area contributed by atoms with Crippen LogP contribution in [0, 0.1) is 11.7 Å². The van der Waals surface area contributed by atoms with E-state index in [1.807, 2.05) is 0 Å². The molecule has 1 aromatic rings. The van der Waals surface area contributed by atoms with Crippen LogP contribution in [0.25, 0.3) is 0 Å². The Kier molecular flexibility index (Phi) is 4.77. The first kappa shape index (κ1) is 14.3. The van der Waals surface area contributed by atoms with Gasteiger partial charge < -0.3 is 11.1 Å². The highest BCUT2D eigenvalue weighted by molar-refractivity contribution is 6.30. The van der Waals surface area contributed by atoms with Gasteiger partial charge in [-0.3, -0.25) is 4.79 Å². The Bertz CT molecular complexity index is 467. The van der Waals surface area contributed by atoms with E-state index in [-0.39, 0.29) is 23.7 Å². The molecule has 0 bridgehead atoms. The standard InChI is InChI=1S/C14H18ClFN2O/c15-10-6-5-9(12(16)7-10)8-18-13-4-2-1-3-11(13)14(17)19/h5-7,11,13,18H,1-4,8H2,(H2,17,19)/t11-,13-/m1/s1. The number of halogens is 2. The first-order valence-corrected chi connectivity index (χ1v) is 6.92. The molecule has 0 unspecified atom stereocenters. The SMILES string of the molecule is NC(=O)[C@@H]1CCCC[C@H]1NCc1ccc(Cl)cc1F. The third-order valence-corrected chi connectivity index (χ3v) is 3.94. The zero-order valence-electron chi connectivity index (χ0n) is 10.7. The Hall–Kier alpha value is -1.13. The van der Waals surface area contributed by atoms with Gasteiger partial charge in [-0.25, -0.2) is 4.39 Å². The molecule has 1 aliphatic carbocycles. The smallest absolute Gasteiger partial charge is 0.222 e. The maximum Gasteiger partial charge on any atom is 0.222 e. The van der Waals surface area contributed by atoms with Crippen molar-refractivity contribution in [3.05, 3.63) is 34.6 Å². The zero-order valence-corrected chi connectivity index (χ0v) is 11.4. The second kappa shape index (κ2) is 6.35. The van der Waals surface area contributed by atoms with Crippen molar-refractivity contribution in [3.8, 4) is 0 Å². The molecule has 1 amide bonds. The predicted octanol–water partition coefficient (Wildman–Crippen LogP) is 2.61. The Morgan fingerprint density at radius 3 is 2.84 bits per heavy atom. The van der Waals surface area contributed by atoms with Crippen LogP contribution in [0.4, 0.5) is 4.39 Å². The number of benzene rings is 1. The molecule has 104 valence electrons. The monoisotopic (exact) mass is 284 g/mol. The third-order valence-electron chi connectivity index (χ3n) is 3.70. The number of carbonyl (C=O) groups excluding carboxylic acids is 1. The zero-order chi connectivity index (χ0) is 13.8. The second-order valence-electron chi connectivity index (χ2n) is 5.02. The van der Waals surface area contributed by atoms with E-state index in [1.165, 1.54) is 6.07 Å². The van der Waals surface area contributed by atoms with Gasteiger partial charge in [-0.05, 0) is 25.0 Å². The number of primary amides is 1. The lowest BCUT2D eigenvalue weighted by Crippen LogP contribution is -2.44. The van der Waals surface area contributed by atoms with Crippen LogP contribution in [0.2, 0.25) is 5.02 Å². The van der Waals surface area contributed by atoms with Gasteiger partial charge in [-0.1, -0.05) is 30.5 Å². The van der Waals surface area contributed by atoms with Crippen molar-refractivity contribution in [2.75, 3.05) is 0 Å². The molecule has 0 radical (unpaired) electrons. The molecule has 5 heteroatoms. The summed E-state index contributed by atoms with van der Waals surface area (Å²) in [7, 11) is 0. The topological polar surface area (TPSA) is 55.1 Å². The Morgan fingerprint density at radius 2 is 2.16 bits per heavy atom. The number of amides is 1. The first-order chi connectivity index (χ1) is 9.08. The van der Waals surface area contributed by atoms with Gasteiger partial charge >= 0.3 is 0 Å². The van der Waals surface area contributed by atoms with Crippen LogP contribution in [-0.2, 0) is 11.3 Å². The number of nitrogens with one attached hydrogen (secondary N) is 1. The molecular formula is C14H18ClFN2O. The molecule has 0 saturated heterocycles. The van der Waals surface area contributed by atoms with Crippen LogP contribution < -0.4 is 11.1 Å². The summed E-state index contributed by atoms with van der Waals surface area (Å²) in [6, 6.07) is 4.66. The maximum atomic E-state index is 13.6. The van der Waals surface area contributed by atoms with E-state index >= 15 is 0 Å². The molecule has 1 aromatic carbocycles. The van der Waals surface area contributed by atoms with E-state index < -0.39 is 0 Å². The van der Waals surface area contributed by atoms with E-state index in [9.17, 15) is 9.18 Å². The van der Waals surface area contributed by atoms with Gasteiger partial charge in [0.1, 0.15) is 5.82 Å². The highest BCUT2D eigenvalue weighted by atomic mass is 35.5. The summed E-state index contributed by atoms with van der Waals surface area (Å²) in [5.74, 6) is -0.746. The maximum absolute atomic E-state index is 13.6. The molecule has 2 atom stereocenters. The third kappa shape index (κ3) is 3.67. The van der Waals surface area contributed by atoms with Gasteiger partial charge in [-0.2, -0.15) is 0 Å². The van der Waals surface area contributed by atoms with Crippen LogP contribution in [0.15, 0.2) is 18.2 Å². The van der Waals surface area contributed by atoms with Crippen LogP contribution >= 0.6 is 11.6 Å². The molecule has 1 fully saturated rings. The Balaban J connectivity index is 1.98. The van der Waals surface area contributed by atoms with Crippen molar-refractivity contribution < 1.29 is 9.18 Å². The van der Waals surface area contributed by atoms with Crippen molar-refractivity contribution in [1.29, 1.82) is 0 Å². The summed E-state index contributed by atoms with van der Waals surface area (Å²) in [5.41, 5.74) is 5.96. The molecule has 3 nitrogen and oxygen atoms in total. The average Bonchev–Trinajstić information content (AvgIpc) is 2.38. The molecule has 0 heterocycles. The molecular weight excluding hydrogens is 267 g/mol. The first-order valence-electron chi connectivity index (χ1n) is 6.54. The molecule has 2 rings (SSSR count). The molecule has 0 aromatic heterocycles. The van der Waals surface area contributed by atoms with Crippen molar-refractivity contribution >= 4 is 17.5 Å². The highest BCUT2D eigenvalue weighted by Crippen LogP contribution is 2.24. The van der Waals surface area contributed by atoms with Crippen LogP contribution in [0.5, 0.6) is 0 Å². The number of hydrogen-bond donors (Lipinski definition) is 2. The molecule has 1 aliphatic rings. The number of nitrogens with two attached hydrogens (primary N) is 1. The molecule has 0 aliphatic heterocycles. The largest absolute Gasteiger partial charge is 0.369 e. The van der Waals surface area contributed by atoms with Gasteiger partial charge in [0.15, 0.2) is 0 Å². The summed E-state index contributed by atoms with van der Waals surface area (Å²) < 4.78 is 13.6. The van der Waals surface area contributed by atoms with Crippen molar-refractivity contribution in [3.63, 3.8) is 0 Å². The predicted molar refractivity (Wildman–Crippen MR) is 73.2 cm³/mol. The minimum atomic E-state index is -0.327. The van der Waals surface area contributed by atoms with Crippen molar-refractivity contribution in [2.24, 2.45) is 11.7 Å². The minimum Gasteiger partial charge on any atom is -0.369 e. The fourth-order valence-electron chi connectivity index (χ4n) is 2.62. The highest BCUT2D eigenvalue weighted by Gasteiger charge is 2.28. The number of carbonyl (C=O) groups is 1. The number of hydrogen-bond acceptors (Lipinski definition) is 2. The fraction of sp³-hybridized carbons (Fsp3) is 0.500. The van der Waals surface area contributed by atoms with E-state index in [0.29, 0.717) is 17.1 Å². The normalized spacial score (nSPS) is 23.3. The summed E-state index contributed by atoms with van der Waals surface area (Å²) in [5, 5.41) is 3.63. The molecule has 19 heavy (non-hydrogen) atoms. The summed E-state index contributed by atoms with van der Waals surface area (Å²) in [4.78, 5) is 11.4. The number of rotatable bonds is 4. The van der Waals surface area contributed by atoms with Crippen molar-refractivity contribution in [1.82, 2.24) is 5.32 Å². The van der Waals surface area contributed by atoms with E-state index in [1.54, 1.807) is 12.1 Å². The van der Waals surface area contributed by atoms with Gasteiger partial charge in [-0.15, -0.1) is 0 Å². The molecule has 3 N–H and O–H groups in total. The van der Waals surface area contributed by atoms with E-state index in [2.05, 4.69) is 5.32 Å². The van der Waals surface area contributed by atoms with Crippen LogP contribution in [0.1, 0.15) is 31.2 Å². The summed E-state index contributed by atoms with van der Waals surface area (Å²) in [6.07, 6.45) is 3.82. The second-order valence-corrected chi connectivity index (χ2v) is 5.45.